The number of anilines is 1. The number of nitrogen functional groups attached to an aromatic ring is 1. The fraction of sp³-hybridized carbons (Fsp3) is 0.500. The zero-order valence-corrected chi connectivity index (χ0v) is 17.3. The standard InChI is InChI=1S/C11H17N3O3S.3CH3.Sn/c1-2-3-8-13-11(15)14-18(16,17)10-6-4-9(12)5-7-10;;;;/h4-7H,2-3,8,12H2,1H3,(H2,13,14,15);3*1H3;/q;;;;+1/p-1. The molecule has 8 heteroatoms. The van der Waals surface area contributed by atoms with Crippen LogP contribution in [0.2, 0.25) is 14.8 Å². The molecule has 1 aromatic rings. The molecule has 0 aliphatic rings. The number of sulfonamides is 1. The first kappa shape index (κ1) is 21.0. The summed E-state index contributed by atoms with van der Waals surface area (Å²) in [6, 6.07) is 4.72. The van der Waals surface area contributed by atoms with Crippen molar-refractivity contribution in [3.8, 4) is 0 Å². The number of rotatable bonds is 5. The molecule has 1 aromatic carbocycles. The van der Waals surface area contributed by atoms with E-state index in [1.54, 1.807) is 0 Å². The molecule has 0 unspecified atom stereocenters. The zero-order chi connectivity index (χ0) is 17.2. The second kappa shape index (κ2) is 10.7. The van der Waals surface area contributed by atoms with E-state index in [9.17, 15) is 13.5 Å². The number of unbranched alkanes of at least 4 members (excludes halogenated alkanes) is 1. The van der Waals surface area contributed by atoms with E-state index >= 15 is 0 Å². The minimum absolute atomic E-state index is 0.0178. The summed E-state index contributed by atoms with van der Waals surface area (Å²) in [5, 5.41) is 11.3. The van der Waals surface area contributed by atoms with Gasteiger partial charge < -0.3 is 10.8 Å². The Morgan fingerprint density at radius 3 is 2.23 bits per heavy atom. The molecular weight excluding hydrogens is 409 g/mol. The molecule has 0 aromatic heterocycles. The average Bonchev–Trinajstić information content (AvgIpc) is 2.38. The fourth-order valence-corrected chi connectivity index (χ4v) is 2.10. The molecule has 0 radical (unpaired) electrons. The number of hydrogen-bond acceptors (Lipinski definition) is 5. The van der Waals surface area contributed by atoms with E-state index in [0.29, 0.717) is 12.2 Å². The number of amidine groups is 1. The van der Waals surface area contributed by atoms with Gasteiger partial charge in [-0.1, -0.05) is 13.3 Å². The average molecular weight is 434 g/mol. The molecule has 0 aliphatic carbocycles. The van der Waals surface area contributed by atoms with Crippen LogP contribution in [0.25, 0.3) is 0 Å². The van der Waals surface area contributed by atoms with Crippen LogP contribution in [0.1, 0.15) is 19.8 Å². The molecule has 0 saturated carbocycles. The second-order valence-electron chi connectivity index (χ2n) is 5.21. The van der Waals surface area contributed by atoms with Crippen molar-refractivity contribution in [1.82, 2.24) is 4.72 Å². The first-order valence-electron chi connectivity index (χ1n) is 7.05. The first-order chi connectivity index (χ1) is 10.2. The topological polar surface area (TPSA) is 108 Å². The monoisotopic (exact) mass is 435 g/mol. The first-order valence-corrected chi connectivity index (χ1v) is 17.1. The van der Waals surface area contributed by atoms with Crippen molar-refractivity contribution in [3.05, 3.63) is 24.3 Å². The Labute approximate surface area is 140 Å². The van der Waals surface area contributed by atoms with Crippen molar-refractivity contribution in [2.45, 2.75) is 39.5 Å². The van der Waals surface area contributed by atoms with Crippen molar-refractivity contribution in [1.29, 1.82) is 0 Å². The van der Waals surface area contributed by atoms with Gasteiger partial charge in [-0.3, -0.25) is 9.71 Å². The second-order valence-corrected chi connectivity index (χ2v) is 15.5. The maximum absolute atomic E-state index is 11.8. The third-order valence-corrected chi connectivity index (χ3v) is 3.52. The van der Waals surface area contributed by atoms with E-state index in [1.807, 2.05) is 11.6 Å². The SMILES string of the molecule is CCCCN=C([O-])NS(=O)(=O)c1ccc(N)cc1.[CH3][Sn+]([CH3])[CH3]. The molecule has 0 aliphatic heterocycles. The molecule has 0 amide bonds. The van der Waals surface area contributed by atoms with Gasteiger partial charge in [0.1, 0.15) is 0 Å². The molecule has 0 atom stereocenters. The predicted octanol–water partition coefficient (Wildman–Crippen LogP) is 1.43. The predicted molar refractivity (Wildman–Crippen MR) is 91.7 cm³/mol. The van der Waals surface area contributed by atoms with Crippen LogP contribution in [0.5, 0.6) is 0 Å². The third-order valence-electron chi connectivity index (χ3n) is 2.18. The summed E-state index contributed by atoms with van der Waals surface area (Å²) in [6.45, 7) is 2.28. The van der Waals surface area contributed by atoms with E-state index in [4.69, 9.17) is 5.73 Å². The number of hydrogen-bond donors (Lipinski definition) is 2. The van der Waals surface area contributed by atoms with Crippen molar-refractivity contribution < 1.29 is 13.5 Å². The van der Waals surface area contributed by atoms with Gasteiger partial charge in [-0.05, 0) is 30.7 Å². The Hall–Kier alpha value is -0.961. The Morgan fingerprint density at radius 2 is 1.77 bits per heavy atom. The van der Waals surface area contributed by atoms with Crippen LogP contribution in [0, 0.1) is 0 Å². The van der Waals surface area contributed by atoms with E-state index in [1.165, 1.54) is 24.3 Å². The van der Waals surface area contributed by atoms with Crippen molar-refractivity contribution in [3.63, 3.8) is 0 Å². The molecule has 3 N–H and O–H groups in total. The Kier molecular flexibility index (Phi) is 10.2. The molecule has 22 heavy (non-hydrogen) atoms. The summed E-state index contributed by atoms with van der Waals surface area (Å²) in [4.78, 5) is 10.7. The van der Waals surface area contributed by atoms with Crippen LogP contribution in [0.3, 0.4) is 0 Å². The number of benzene rings is 1. The van der Waals surface area contributed by atoms with Gasteiger partial charge in [0.05, 0.1) is 10.9 Å². The van der Waals surface area contributed by atoms with E-state index in [-0.39, 0.29) is 4.90 Å². The molecule has 0 heterocycles. The summed E-state index contributed by atoms with van der Waals surface area (Å²) >= 11 is -0.543. The molecule has 0 fully saturated rings. The summed E-state index contributed by atoms with van der Waals surface area (Å²) in [7, 11) is -3.86. The Balaban J connectivity index is 0.000000980. The molecule has 6 nitrogen and oxygen atoms in total. The van der Waals surface area contributed by atoms with Crippen LogP contribution in [0.4, 0.5) is 5.69 Å². The van der Waals surface area contributed by atoms with E-state index < -0.39 is 35.8 Å². The molecule has 0 saturated heterocycles. The molecule has 0 bridgehead atoms. The van der Waals surface area contributed by atoms with Crippen LogP contribution in [-0.2, 0) is 10.0 Å². The van der Waals surface area contributed by atoms with Crippen molar-refractivity contribution in [2.24, 2.45) is 4.99 Å². The normalized spacial score (nSPS) is 11.4. The number of nitrogens with two attached hydrogens (primary N) is 1. The molecule has 0 spiro atoms. The summed E-state index contributed by atoms with van der Waals surface area (Å²) < 4.78 is 25.4. The van der Waals surface area contributed by atoms with Crippen molar-refractivity contribution in [2.75, 3.05) is 12.3 Å². The molecular formula is C14H25N3O3SSn. The Bertz CT molecular complexity index is 554. The molecule has 124 valence electrons. The van der Waals surface area contributed by atoms with Gasteiger partial charge in [0.15, 0.2) is 0 Å². The van der Waals surface area contributed by atoms with Crippen molar-refractivity contribution >= 4 is 41.5 Å². The summed E-state index contributed by atoms with van der Waals surface area (Å²) in [5.74, 6) is 0. The molecule has 1 rings (SSSR count). The van der Waals surface area contributed by atoms with Gasteiger partial charge >= 0.3 is 34.6 Å². The van der Waals surface area contributed by atoms with E-state index in [0.717, 1.165) is 12.8 Å². The van der Waals surface area contributed by atoms with Crippen LogP contribution < -0.4 is 15.6 Å². The van der Waals surface area contributed by atoms with Crippen LogP contribution >= 0.6 is 0 Å². The number of nitrogens with zero attached hydrogens (tertiary/aromatic N) is 1. The van der Waals surface area contributed by atoms with Gasteiger partial charge in [-0.15, -0.1) is 0 Å². The number of aliphatic imine (C=N–C) groups is 1. The number of nitrogens with one attached hydrogen (secondary N) is 1. The van der Waals surface area contributed by atoms with Gasteiger partial charge in [-0.2, -0.15) is 0 Å². The summed E-state index contributed by atoms with van der Waals surface area (Å²) in [6.07, 6.45) is 1.64. The quantitative estimate of drug-likeness (QED) is 0.240. The van der Waals surface area contributed by atoms with Gasteiger partial charge in [-0.25, -0.2) is 8.42 Å². The zero-order valence-electron chi connectivity index (χ0n) is 13.6. The minimum atomic E-state index is -3.86. The third kappa shape index (κ3) is 9.88. The summed E-state index contributed by atoms with van der Waals surface area (Å²) in [5.41, 5.74) is 5.90. The van der Waals surface area contributed by atoms with Gasteiger partial charge in [0.25, 0.3) is 10.0 Å². The van der Waals surface area contributed by atoms with Gasteiger partial charge in [0.2, 0.25) is 0 Å². The van der Waals surface area contributed by atoms with Gasteiger partial charge in [0, 0.05) is 12.2 Å². The fourth-order valence-electron chi connectivity index (χ4n) is 1.19. The van der Waals surface area contributed by atoms with Crippen LogP contribution in [0.15, 0.2) is 34.2 Å². The van der Waals surface area contributed by atoms with Crippen LogP contribution in [-0.4, -0.2) is 40.7 Å². The Morgan fingerprint density at radius 1 is 1.27 bits per heavy atom. The van der Waals surface area contributed by atoms with E-state index in [2.05, 4.69) is 19.8 Å². The maximum atomic E-state index is 11.8.